The zero-order chi connectivity index (χ0) is 30.9. The lowest BCUT2D eigenvalue weighted by molar-refractivity contribution is -0.386. The number of rotatable bonds is 13. The van der Waals surface area contributed by atoms with Crippen molar-refractivity contribution < 1.29 is 29.4 Å². The van der Waals surface area contributed by atoms with Gasteiger partial charge in [-0.25, -0.2) is 4.98 Å². The van der Waals surface area contributed by atoms with E-state index in [4.69, 9.17) is 14.7 Å². The zero-order valence-electron chi connectivity index (χ0n) is 23.6. The van der Waals surface area contributed by atoms with Crippen LogP contribution < -0.4 is 14.8 Å². The highest BCUT2D eigenvalue weighted by Crippen LogP contribution is 2.36. The smallest absolute Gasteiger partial charge is 0.323 e. The lowest BCUT2D eigenvalue weighted by Crippen LogP contribution is -2.44. The molecule has 0 radical (unpaired) electrons. The fourth-order valence-corrected chi connectivity index (χ4v) is 4.52. The average molecular weight is 583 g/mol. The first kappa shape index (κ1) is 30.6. The molecule has 43 heavy (non-hydrogen) atoms. The number of hydrogen-bond acceptors (Lipinski definition) is 9. The van der Waals surface area contributed by atoms with E-state index in [1.807, 2.05) is 61.5 Å². The van der Waals surface area contributed by atoms with Crippen LogP contribution in [0.4, 0.5) is 5.69 Å². The minimum atomic E-state index is -1.32. The van der Waals surface area contributed by atoms with Gasteiger partial charge >= 0.3 is 11.7 Å². The monoisotopic (exact) mass is 582 g/mol. The highest BCUT2D eigenvalue weighted by Gasteiger charge is 2.25. The standard InChI is InChI=1S/C32H30N4O7/c1-20-24(9-6-10-27(20)23-7-4-3-5-8-23)19-43-30-15-29(42-18-22-11-12-34-26(13-22)16-33)25(14-28(30)36(40)41)17-35-31(21(2)37)32(38)39/h3-15,21,31,35,37H,17-19H2,1-2H3,(H,38,39)/t21-,31+/m1/s1. The molecule has 0 bridgehead atoms. The van der Waals surface area contributed by atoms with Crippen molar-refractivity contribution in [2.75, 3.05) is 0 Å². The van der Waals surface area contributed by atoms with E-state index in [9.17, 15) is 25.1 Å². The maximum absolute atomic E-state index is 12.1. The Hall–Kier alpha value is -5.31. The van der Waals surface area contributed by atoms with Gasteiger partial charge in [-0.05, 0) is 53.8 Å². The van der Waals surface area contributed by atoms with E-state index < -0.39 is 23.0 Å². The highest BCUT2D eigenvalue weighted by atomic mass is 16.6. The number of aliphatic carboxylic acids is 1. The number of nitrogens with one attached hydrogen (secondary N) is 1. The number of aliphatic hydroxyl groups is 1. The van der Waals surface area contributed by atoms with Crippen molar-refractivity contribution >= 4 is 11.7 Å². The van der Waals surface area contributed by atoms with Crippen molar-refractivity contribution in [1.82, 2.24) is 10.3 Å². The molecule has 4 aromatic rings. The predicted molar refractivity (Wildman–Crippen MR) is 157 cm³/mol. The summed E-state index contributed by atoms with van der Waals surface area (Å²) >= 11 is 0. The number of aliphatic hydroxyl groups excluding tert-OH is 1. The first-order valence-electron chi connectivity index (χ1n) is 13.4. The van der Waals surface area contributed by atoms with Gasteiger partial charge in [0.05, 0.1) is 11.0 Å². The van der Waals surface area contributed by atoms with Crippen LogP contribution in [0.25, 0.3) is 11.1 Å². The lowest BCUT2D eigenvalue weighted by Gasteiger charge is -2.19. The fraction of sp³-hybridized carbons (Fsp3) is 0.219. The van der Waals surface area contributed by atoms with E-state index >= 15 is 0 Å². The molecule has 0 aliphatic rings. The number of pyridine rings is 1. The third-order valence-corrected chi connectivity index (χ3v) is 6.85. The van der Waals surface area contributed by atoms with Gasteiger partial charge in [-0.1, -0.05) is 48.5 Å². The quantitative estimate of drug-likeness (QED) is 0.145. The Labute approximate surface area is 248 Å². The Morgan fingerprint density at radius 1 is 1.05 bits per heavy atom. The van der Waals surface area contributed by atoms with Crippen LogP contribution in [0.15, 0.2) is 79.0 Å². The summed E-state index contributed by atoms with van der Waals surface area (Å²) in [7, 11) is 0. The van der Waals surface area contributed by atoms with Crippen LogP contribution in [0.5, 0.6) is 11.5 Å². The summed E-state index contributed by atoms with van der Waals surface area (Å²) < 4.78 is 12.0. The number of carboxylic acid groups (broad SMARTS) is 1. The molecule has 0 spiro atoms. The summed E-state index contributed by atoms with van der Waals surface area (Å²) in [5.74, 6) is -1.11. The number of hydrogen-bond donors (Lipinski definition) is 3. The topological polar surface area (TPSA) is 168 Å². The molecule has 11 nitrogen and oxygen atoms in total. The number of ether oxygens (including phenoxy) is 2. The summed E-state index contributed by atoms with van der Waals surface area (Å²) in [5, 5.41) is 43.3. The Kier molecular flexibility index (Phi) is 10.0. The van der Waals surface area contributed by atoms with Crippen LogP contribution in [-0.2, 0) is 24.6 Å². The second kappa shape index (κ2) is 14.0. The zero-order valence-corrected chi connectivity index (χ0v) is 23.6. The van der Waals surface area contributed by atoms with Crippen LogP contribution in [0.2, 0.25) is 0 Å². The molecular formula is C32H30N4O7. The van der Waals surface area contributed by atoms with E-state index in [0.717, 1.165) is 22.3 Å². The molecule has 0 aliphatic carbocycles. The number of carboxylic acids is 1. The molecule has 4 rings (SSSR count). The van der Waals surface area contributed by atoms with Crippen LogP contribution >= 0.6 is 0 Å². The maximum Gasteiger partial charge on any atom is 0.323 e. The van der Waals surface area contributed by atoms with Gasteiger partial charge in [0.15, 0.2) is 0 Å². The molecule has 1 heterocycles. The summed E-state index contributed by atoms with van der Waals surface area (Å²) in [6.45, 7) is 3.18. The number of nitrogens with zero attached hydrogens (tertiary/aromatic N) is 3. The normalized spacial score (nSPS) is 12.1. The summed E-state index contributed by atoms with van der Waals surface area (Å²) in [6.07, 6.45) is 0.242. The number of benzene rings is 3. The van der Waals surface area contributed by atoms with Crippen molar-refractivity contribution in [3.8, 4) is 28.7 Å². The minimum absolute atomic E-state index is 0.00155. The second-order valence-electron chi connectivity index (χ2n) is 9.82. The first-order valence-corrected chi connectivity index (χ1v) is 13.4. The van der Waals surface area contributed by atoms with Crippen LogP contribution in [0.3, 0.4) is 0 Å². The van der Waals surface area contributed by atoms with Crippen LogP contribution in [0.1, 0.15) is 34.9 Å². The van der Waals surface area contributed by atoms with Gasteiger partial charge in [-0.3, -0.25) is 20.2 Å². The van der Waals surface area contributed by atoms with Crippen molar-refractivity contribution in [1.29, 1.82) is 5.26 Å². The van der Waals surface area contributed by atoms with Crippen molar-refractivity contribution in [3.05, 3.63) is 117 Å². The van der Waals surface area contributed by atoms with Crippen LogP contribution in [-0.4, -0.2) is 38.2 Å². The molecule has 0 saturated carbocycles. The molecule has 3 N–H and O–H groups in total. The number of carbonyl (C=O) groups is 1. The van der Waals surface area contributed by atoms with Gasteiger partial charge in [0.1, 0.15) is 36.8 Å². The first-order chi connectivity index (χ1) is 20.7. The molecule has 0 amide bonds. The fourth-order valence-electron chi connectivity index (χ4n) is 4.52. The Bertz CT molecular complexity index is 1650. The van der Waals surface area contributed by atoms with E-state index in [1.54, 1.807) is 12.1 Å². The minimum Gasteiger partial charge on any atom is -0.488 e. The molecule has 0 aliphatic heterocycles. The third kappa shape index (κ3) is 7.71. The molecule has 220 valence electrons. The molecule has 1 aromatic heterocycles. The van der Waals surface area contributed by atoms with Crippen molar-refractivity contribution in [3.63, 3.8) is 0 Å². The van der Waals surface area contributed by atoms with Crippen molar-refractivity contribution in [2.45, 2.75) is 45.8 Å². The molecule has 0 fully saturated rings. The maximum atomic E-state index is 12.1. The number of aromatic nitrogens is 1. The van der Waals surface area contributed by atoms with Gasteiger partial charge in [0.25, 0.3) is 0 Å². The summed E-state index contributed by atoms with van der Waals surface area (Å²) in [6, 6.07) is 22.2. The predicted octanol–water partition coefficient (Wildman–Crippen LogP) is 4.92. The van der Waals surface area contributed by atoms with Gasteiger partial charge in [-0.15, -0.1) is 0 Å². The second-order valence-corrected chi connectivity index (χ2v) is 9.82. The van der Waals surface area contributed by atoms with E-state index in [0.29, 0.717) is 5.56 Å². The Balaban J connectivity index is 1.66. The SMILES string of the molecule is Cc1c(COc2cc(OCc3ccnc(C#N)c3)c(CN[C@H](C(=O)O)[C@@H](C)O)cc2[N+](=O)[O-])cccc1-c1ccccc1. The largest absolute Gasteiger partial charge is 0.488 e. The molecular weight excluding hydrogens is 552 g/mol. The van der Waals surface area contributed by atoms with Crippen LogP contribution in [0, 0.1) is 28.4 Å². The van der Waals surface area contributed by atoms with Gasteiger partial charge < -0.3 is 19.7 Å². The summed E-state index contributed by atoms with van der Waals surface area (Å²) in [5.41, 5.74) is 4.64. The van der Waals surface area contributed by atoms with E-state index in [1.165, 1.54) is 25.3 Å². The Morgan fingerprint density at radius 2 is 1.79 bits per heavy atom. The molecule has 0 unspecified atom stereocenters. The molecule has 0 saturated heterocycles. The number of nitro groups is 1. The highest BCUT2D eigenvalue weighted by molar-refractivity contribution is 5.74. The van der Waals surface area contributed by atoms with E-state index in [2.05, 4.69) is 10.3 Å². The van der Waals surface area contributed by atoms with Gasteiger partial charge in [0.2, 0.25) is 5.75 Å². The molecule has 2 atom stereocenters. The molecule has 3 aromatic carbocycles. The number of nitriles is 1. The lowest BCUT2D eigenvalue weighted by atomic mass is 9.97. The van der Waals surface area contributed by atoms with E-state index in [-0.39, 0.29) is 48.2 Å². The third-order valence-electron chi connectivity index (χ3n) is 6.85. The number of nitro benzene ring substituents is 1. The van der Waals surface area contributed by atoms with Gasteiger partial charge in [0, 0.05) is 30.4 Å². The summed E-state index contributed by atoms with van der Waals surface area (Å²) in [4.78, 5) is 27.1. The average Bonchev–Trinajstić information content (AvgIpc) is 3.00. The molecule has 11 heteroatoms. The van der Waals surface area contributed by atoms with Gasteiger partial charge in [-0.2, -0.15) is 5.26 Å². The van der Waals surface area contributed by atoms with Crippen molar-refractivity contribution in [2.24, 2.45) is 0 Å². The Morgan fingerprint density at radius 3 is 2.47 bits per heavy atom.